The van der Waals surface area contributed by atoms with Crippen molar-refractivity contribution in [1.29, 1.82) is 0 Å². The van der Waals surface area contributed by atoms with E-state index in [1.807, 2.05) is 18.5 Å². The molecular formula is C14H21N3. The zero-order valence-electron chi connectivity index (χ0n) is 10.7. The zero-order chi connectivity index (χ0) is 11.8. The van der Waals surface area contributed by atoms with Crippen molar-refractivity contribution in [3.8, 4) is 0 Å². The Morgan fingerprint density at radius 2 is 1.71 bits per heavy atom. The van der Waals surface area contributed by atoms with Gasteiger partial charge < -0.3 is 0 Å². The van der Waals surface area contributed by atoms with Crippen LogP contribution in [0.3, 0.4) is 0 Å². The molecule has 0 amide bonds. The minimum Gasteiger partial charge on any atom is -0.295 e. The van der Waals surface area contributed by atoms with Crippen LogP contribution in [0.2, 0.25) is 0 Å². The van der Waals surface area contributed by atoms with Gasteiger partial charge in [0.05, 0.1) is 0 Å². The zero-order valence-corrected chi connectivity index (χ0v) is 10.7. The maximum atomic E-state index is 4.44. The van der Waals surface area contributed by atoms with Gasteiger partial charge in [0.2, 0.25) is 0 Å². The normalized spacial score (nSPS) is 33.2. The Bertz CT molecular complexity index is 362. The number of nitrogens with zero attached hydrogens (tertiary/aromatic N) is 3. The van der Waals surface area contributed by atoms with E-state index in [0.717, 1.165) is 17.9 Å². The fourth-order valence-electron chi connectivity index (χ4n) is 3.79. The average Bonchev–Trinajstić information content (AvgIpc) is 2.62. The van der Waals surface area contributed by atoms with E-state index >= 15 is 0 Å². The van der Waals surface area contributed by atoms with E-state index in [1.54, 1.807) is 0 Å². The molecule has 2 aliphatic rings. The number of piperidine rings is 1. The molecule has 0 saturated carbocycles. The molecule has 2 aliphatic heterocycles. The second kappa shape index (κ2) is 4.37. The third-order valence-electron chi connectivity index (χ3n) is 4.34. The molecular weight excluding hydrogens is 210 g/mol. The second-order valence-corrected chi connectivity index (χ2v) is 5.70. The largest absolute Gasteiger partial charge is 0.295 e. The van der Waals surface area contributed by atoms with Crippen LogP contribution in [0.25, 0.3) is 0 Å². The Labute approximate surface area is 103 Å². The molecule has 2 saturated heterocycles. The molecule has 2 bridgehead atoms. The molecule has 92 valence electrons. The maximum Gasteiger partial charge on any atom is 0.131 e. The molecule has 0 aliphatic carbocycles. The van der Waals surface area contributed by atoms with Gasteiger partial charge in [-0.05, 0) is 45.6 Å². The first-order chi connectivity index (χ1) is 8.25. The van der Waals surface area contributed by atoms with Crippen LogP contribution in [-0.2, 0) is 0 Å². The molecule has 0 radical (unpaired) electrons. The van der Waals surface area contributed by atoms with Crippen LogP contribution in [0.15, 0.2) is 18.5 Å². The Hall–Kier alpha value is -0.960. The summed E-state index contributed by atoms with van der Waals surface area (Å²) in [5.41, 5.74) is 0. The summed E-state index contributed by atoms with van der Waals surface area (Å²) >= 11 is 0. The molecule has 3 rings (SSSR count). The highest BCUT2D eigenvalue weighted by atomic mass is 15.2. The van der Waals surface area contributed by atoms with E-state index in [4.69, 9.17) is 0 Å². The van der Waals surface area contributed by atoms with Gasteiger partial charge in [-0.3, -0.25) is 4.90 Å². The van der Waals surface area contributed by atoms with Gasteiger partial charge in [0.25, 0.3) is 0 Å². The summed E-state index contributed by atoms with van der Waals surface area (Å²) in [6.07, 6.45) is 8.98. The standard InChI is InChI=1S/C14H21N3/c1-10(2)17-12-4-5-13(17)9-11(8-12)14-15-6-3-7-16-14/h3,6-7,10-13H,4-5,8-9H2,1-2H3. The predicted octanol–water partition coefficient (Wildman–Crippen LogP) is 2.60. The number of hydrogen-bond acceptors (Lipinski definition) is 3. The summed E-state index contributed by atoms with van der Waals surface area (Å²) in [5, 5.41) is 0. The Morgan fingerprint density at radius 1 is 1.12 bits per heavy atom. The molecule has 0 spiro atoms. The molecule has 0 N–H and O–H groups in total. The van der Waals surface area contributed by atoms with Gasteiger partial charge in [0.1, 0.15) is 5.82 Å². The number of rotatable bonds is 2. The van der Waals surface area contributed by atoms with Crippen LogP contribution in [-0.4, -0.2) is 33.0 Å². The van der Waals surface area contributed by atoms with Crippen LogP contribution in [0.1, 0.15) is 51.3 Å². The monoisotopic (exact) mass is 231 g/mol. The van der Waals surface area contributed by atoms with Gasteiger partial charge in [-0.1, -0.05) is 0 Å². The van der Waals surface area contributed by atoms with Crippen molar-refractivity contribution < 1.29 is 0 Å². The summed E-state index contributed by atoms with van der Waals surface area (Å²) in [7, 11) is 0. The van der Waals surface area contributed by atoms with Crippen LogP contribution >= 0.6 is 0 Å². The van der Waals surface area contributed by atoms with E-state index in [0.29, 0.717) is 12.0 Å². The SMILES string of the molecule is CC(C)N1C2CCC1CC(c1ncccn1)C2. The Morgan fingerprint density at radius 3 is 2.24 bits per heavy atom. The predicted molar refractivity (Wildman–Crippen MR) is 67.8 cm³/mol. The van der Waals surface area contributed by atoms with Crippen LogP contribution in [0.5, 0.6) is 0 Å². The lowest BCUT2D eigenvalue weighted by atomic mass is 9.89. The maximum absolute atomic E-state index is 4.44. The third kappa shape index (κ3) is 1.97. The Kier molecular flexibility index (Phi) is 2.87. The van der Waals surface area contributed by atoms with Crippen molar-refractivity contribution in [2.45, 2.75) is 63.6 Å². The van der Waals surface area contributed by atoms with Crippen LogP contribution in [0.4, 0.5) is 0 Å². The lowest BCUT2D eigenvalue weighted by Gasteiger charge is -2.41. The summed E-state index contributed by atoms with van der Waals surface area (Å²) in [5.74, 6) is 1.65. The van der Waals surface area contributed by atoms with Gasteiger partial charge in [0, 0.05) is 36.4 Å². The lowest BCUT2D eigenvalue weighted by Crippen LogP contribution is -2.46. The fraction of sp³-hybridized carbons (Fsp3) is 0.714. The topological polar surface area (TPSA) is 29.0 Å². The highest BCUT2D eigenvalue weighted by Crippen LogP contribution is 2.42. The summed E-state index contributed by atoms with van der Waals surface area (Å²) in [6.45, 7) is 4.65. The summed E-state index contributed by atoms with van der Waals surface area (Å²) in [6, 6.07) is 4.12. The van der Waals surface area contributed by atoms with Crippen LogP contribution in [0, 0.1) is 0 Å². The molecule has 2 fully saturated rings. The first-order valence-corrected chi connectivity index (χ1v) is 6.80. The number of aromatic nitrogens is 2. The van der Waals surface area contributed by atoms with E-state index in [9.17, 15) is 0 Å². The Balaban J connectivity index is 1.78. The summed E-state index contributed by atoms with van der Waals surface area (Å²) < 4.78 is 0. The van der Waals surface area contributed by atoms with Crippen molar-refractivity contribution in [3.05, 3.63) is 24.3 Å². The molecule has 1 aromatic rings. The average molecular weight is 231 g/mol. The number of hydrogen-bond donors (Lipinski definition) is 0. The molecule has 3 nitrogen and oxygen atoms in total. The fourth-order valence-corrected chi connectivity index (χ4v) is 3.79. The van der Waals surface area contributed by atoms with Crippen molar-refractivity contribution >= 4 is 0 Å². The number of fused-ring (bicyclic) bond motifs is 2. The van der Waals surface area contributed by atoms with Crippen molar-refractivity contribution in [1.82, 2.24) is 14.9 Å². The molecule has 3 heterocycles. The first-order valence-electron chi connectivity index (χ1n) is 6.80. The molecule has 2 unspecified atom stereocenters. The lowest BCUT2D eigenvalue weighted by molar-refractivity contribution is 0.0907. The highest BCUT2D eigenvalue weighted by Gasteiger charge is 2.42. The van der Waals surface area contributed by atoms with Gasteiger partial charge in [0.15, 0.2) is 0 Å². The smallest absolute Gasteiger partial charge is 0.131 e. The van der Waals surface area contributed by atoms with E-state index < -0.39 is 0 Å². The quantitative estimate of drug-likeness (QED) is 0.783. The molecule has 3 heteroatoms. The van der Waals surface area contributed by atoms with E-state index in [-0.39, 0.29) is 0 Å². The van der Waals surface area contributed by atoms with Gasteiger partial charge in [-0.2, -0.15) is 0 Å². The van der Waals surface area contributed by atoms with Gasteiger partial charge in [-0.25, -0.2) is 9.97 Å². The van der Waals surface area contributed by atoms with E-state index in [1.165, 1.54) is 25.7 Å². The minimum atomic E-state index is 0.587. The van der Waals surface area contributed by atoms with Crippen molar-refractivity contribution in [3.63, 3.8) is 0 Å². The third-order valence-corrected chi connectivity index (χ3v) is 4.34. The van der Waals surface area contributed by atoms with Crippen LogP contribution < -0.4 is 0 Å². The molecule has 0 aromatic carbocycles. The van der Waals surface area contributed by atoms with Gasteiger partial charge >= 0.3 is 0 Å². The van der Waals surface area contributed by atoms with Crippen molar-refractivity contribution in [2.24, 2.45) is 0 Å². The second-order valence-electron chi connectivity index (χ2n) is 5.70. The van der Waals surface area contributed by atoms with Gasteiger partial charge in [-0.15, -0.1) is 0 Å². The van der Waals surface area contributed by atoms with E-state index in [2.05, 4.69) is 28.7 Å². The first kappa shape index (κ1) is 11.1. The highest BCUT2D eigenvalue weighted by molar-refractivity contribution is 5.07. The summed E-state index contributed by atoms with van der Waals surface area (Å²) in [4.78, 5) is 11.6. The minimum absolute atomic E-state index is 0.587. The molecule has 2 atom stereocenters. The van der Waals surface area contributed by atoms with Crippen molar-refractivity contribution in [2.75, 3.05) is 0 Å². The molecule has 17 heavy (non-hydrogen) atoms. The molecule has 1 aromatic heterocycles.